The fourth-order valence-corrected chi connectivity index (χ4v) is 2.92. The second-order valence-corrected chi connectivity index (χ2v) is 6.99. The number of carbonyl (C=O) groups is 1. The molecule has 0 saturated heterocycles. The van der Waals surface area contributed by atoms with Crippen molar-refractivity contribution < 1.29 is 18.7 Å². The highest BCUT2D eigenvalue weighted by atomic mass is 79.9. The van der Waals surface area contributed by atoms with Gasteiger partial charge in [0.25, 0.3) is 5.91 Å². The standard InChI is InChI=1S/C20H22BrN3O4/c1-14-16(21)12-24(23-14)11-5-10-22-20(25)19-9-8-15(28-19)13-27-18-7-4-3-6-17(18)26-2/h3-4,6-9,12H,5,10-11,13H2,1-2H3,(H,22,25). The van der Waals surface area contributed by atoms with Gasteiger partial charge in [-0.25, -0.2) is 0 Å². The number of hydrogen-bond donors (Lipinski definition) is 1. The topological polar surface area (TPSA) is 78.5 Å². The van der Waals surface area contributed by atoms with E-state index in [0.29, 0.717) is 23.8 Å². The first kappa shape index (κ1) is 20.0. The first-order valence-electron chi connectivity index (χ1n) is 8.89. The highest BCUT2D eigenvalue weighted by Gasteiger charge is 2.12. The maximum Gasteiger partial charge on any atom is 0.286 e. The fraction of sp³-hybridized carbons (Fsp3) is 0.300. The first-order valence-corrected chi connectivity index (χ1v) is 9.68. The van der Waals surface area contributed by atoms with Crippen LogP contribution in [0.3, 0.4) is 0 Å². The van der Waals surface area contributed by atoms with Crippen LogP contribution < -0.4 is 14.8 Å². The molecule has 0 bridgehead atoms. The van der Waals surface area contributed by atoms with E-state index in [9.17, 15) is 4.79 Å². The van der Waals surface area contributed by atoms with Crippen molar-refractivity contribution in [3.8, 4) is 11.5 Å². The summed E-state index contributed by atoms with van der Waals surface area (Å²) in [5.74, 6) is 1.84. The predicted molar refractivity (Wildman–Crippen MR) is 108 cm³/mol. The van der Waals surface area contributed by atoms with Gasteiger partial charge in [-0.1, -0.05) is 12.1 Å². The minimum atomic E-state index is -0.249. The maximum absolute atomic E-state index is 12.2. The van der Waals surface area contributed by atoms with E-state index in [1.807, 2.05) is 42.1 Å². The molecule has 0 unspecified atom stereocenters. The molecule has 28 heavy (non-hydrogen) atoms. The van der Waals surface area contributed by atoms with Crippen molar-refractivity contribution in [1.29, 1.82) is 0 Å². The van der Waals surface area contributed by atoms with Crippen molar-refractivity contribution in [3.63, 3.8) is 0 Å². The quantitative estimate of drug-likeness (QED) is 0.502. The van der Waals surface area contributed by atoms with Gasteiger partial charge in [-0.2, -0.15) is 5.10 Å². The largest absolute Gasteiger partial charge is 0.493 e. The van der Waals surface area contributed by atoms with E-state index in [1.165, 1.54) is 0 Å². The average molecular weight is 448 g/mol. The molecule has 0 atom stereocenters. The second kappa shape index (κ2) is 9.45. The highest BCUT2D eigenvalue weighted by molar-refractivity contribution is 9.10. The molecule has 1 aromatic carbocycles. The summed E-state index contributed by atoms with van der Waals surface area (Å²) in [6.45, 7) is 3.40. The van der Waals surface area contributed by atoms with Gasteiger partial charge in [-0.05, 0) is 53.5 Å². The minimum absolute atomic E-state index is 0.210. The van der Waals surface area contributed by atoms with E-state index >= 15 is 0 Å². The molecule has 0 saturated carbocycles. The Bertz CT molecular complexity index is 916. The first-order chi connectivity index (χ1) is 13.6. The van der Waals surface area contributed by atoms with Crippen molar-refractivity contribution in [2.75, 3.05) is 13.7 Å². The Morgan fingerprint density at radius 2 is 2.04 bits per heavy atom. The Morgan fingerprint density at radius 3 is 2.75 bits per heavy atom. The Balaban J connectivity index is 1.44. The van der Waals surface area contributed by atoms with Crippen LogP contribution in [0.25, 0.3) is 0 Å². The van der Waals surface area contributed by atoms with Gasteiger partial charge < -0.3 is 19.2 Å². The van der Waals surface area contributed by atoms with Crippen LogP contribution in [0.5, 0.6) is 11.5 Å². The van der Waals surface area contributed by atoms with Crippen LogP contribution in [0.4, 0.5) is 0 Å². The number of para-hydroxylation sites is 2. The molecule has 0 fully saturated rings. The van der Waals surface area contributed by atoms with Crippen molar-refractivity contribution >= 4 is 21.8 Å². The zero-order valence-electron chi connectivity index (χ0n) is 15.8. The van der Waals surface area contributed by atoms with Gasteiger partial charge in [0.1, 0.15) is 12.4 Å². The summed E-state index contributed by atoms with van der Waals surface area (Å²) in [7, 11) is 1.59. The van der Waals surface area contributed by atoms with E-state index in [4.69, 9.17) is 13.9 Å². The van der Waals surface area contributed by atoms with Crippen molar-refractivity contribution in [2.24, 2.45) is 0 Å². The summed E-state index contributed by atoms with van der Waals surface area (Å²) in [5, 5.41) is 7.21. The van der Waals surface area contributed by atoms with Gasteiger partial charge in [-0.3, -0.25) is 9.48 Å². The average Bonchev–Trinajstić information content (AvgIpc) is 3.30. The van der Waals surface area contributed by atoms with Crippen LogP contribution in [-0.4, -0.2) is 29.3 Å². The molecule has 0 aliphatic carbocycles. The lowest BCUT2D eigenvalue weighted by Gasteiger charge is -2.08. The molecule has 0 aliphatic rings. The lowest BCUT2D eigenvalue weighted by Crippen LogP contribution is -2.24. The number of methoxy groups -OCH3 is 1. The molecule has 1 amide bonds. The Kier molecular flexibility index (Phi) is 6.76. The minimum Gasteiger partial charge on any atom is -0.493 e. The smallest absolute Gasteiger partial charge is 0.286 e. The maximum atomic E-state index is 12.2. The fourth-order valence-electron chi connectivity index (χ4n) is 2.60. The van der Waals surface area contributed by atoms with E-state index in [-0.39, 0.29) is 18.3 Å². The number of nitrogens with one attached hydrogen (secondary N) is 1. The molecule has 2 heterocycles. The number of aryl methyl sites for hydroxylation is 2. The van der Waals surface area contributed by atoms with E-state index in [1.54, 1.807) is 19.2 Å². The molecule has 7 nitrogen and oxygen atoms in total. The van der Waals surface area contributed by atoms with Crippen molar-refractivity contribution in [1.82, 2.24) is 15.1 Å². The Hall–Kier alpha value is -2.74. The van der Waals surface area contributed by atoms with Crippen LogP contribution in [-0.2, 0) is 13.2 Å². The monoisotopic (exact) mass is 447 g/mol. The molecular formula is C20H22BrN3O4. The lowest BCUT2D eigenvalue weighted by molar-refractivity contribution is 0.0920. The third-order valence-electron chi connectivity index (χ3n) is 4.06. The highest BCUT2D eigenvalue weighted by Crippen LogP contribution is 2.26. The molecule has 2 aromatic heterocycles. The van der Waals surface area contributed by atoms with Crippen LogP contribution in [0.2, 0.25) is 0 Å². The summed E-state index contributed by atoms with van der Waals surface area (Å²) < 4.78 is 19.4. The molecule has 0 aliphatic heterocycles. The Morgan fingerprint density at radius 1 is 1.25 bits per heavy atom. The number of amides is 1. The van der Waals surface area contributed by atoms with E-state index in [2.05, 4.69) is 26.3 Å². The van der Waals surface area contributed by atoms with Gasteiger partial charge in [0, 0.05) is 19.3 Å². The number of carbonyl (C=O) groups excluding carboxylic acids is 1. The molecule has 0 radical (unpaired) electrons. The molecule has 8 heteroatoms. The number of benzene rings is 1. The SMILES string of the molecule is COc1ccccc1OCc1ccc(C(=O)NCCCn2cc(Br)c(C)n2)o1. The summed E-state index contributed by atoms with van der Waals surface area (Å²) in [6, 6.07) is 10.7. The van der Waals surface area contributed by atoms with Gasteiger partial charge >= 0.3 is 0 Å². The molecule has 3 aromatic rings. The van der Waals surface area contributed by atoms with Gasteiger partial charge in [-0.15, -0.1) is 0 Å². The number of ether oxygens (including phenoxy) is 2. The number of aromatic nitrogens is 2. The molecule has 1 N–H and O–H groups in total. The summed E-state index contributed by atoms with van der Waals surface area (Å²) in [4.78, 5) is 12.2. The Labute approximate surface area is 171 Å². The molecule has 0 spiro atoms. The van der Waals surface area contributed by atoms with E-state index < -0.39 is 0 Å². The number of furan rings is 1. The van der Waals surface area contributed by atoms with Crippen LogP contribution >= 0.6 is 15.9 Å². The van der Waals surface area contributed by atoms with Crippen LogP contribution in [0.15, 0.2) is 51.5 Å². The third-order valence-corrected chi connectivity index (χ3v) is 4.84. The van der Waals surface area contributed by atoms with Gasteiger partial charge in [0.15, 0.2) is 17.3 Å². The van der Waals surface area contributed by atoms with Crippen LogP contribution in [0, 0.1) is 6.92 Å². The second-order valence-electron chi connectivity index (χ2n) is 6.14. The summed E-state index contributed by atoms with van der Waals surface area (Å²) in [5.41, 5.74) is 0.947. The number of halogens is 1. The van der Waals surface area contributed by atoms with E-state index in [0.717, 1.165) is 23.1 Å². The van der Waals surface area contributed by atoms with Gasteiger partial charge in [0.2, 0.25) is 0 Å². The molecule has 148 valence electrons. The lowest BCUT2D eigenvalue weighted by atomic mass is 10.3. The normalized spacial score (nSPS) is 10.7. The van der Waals surface area contributed by atoms with Gasteiger partial charge in [0.05, 0.1) is 17.3 Å². The zero-order valence-corrected chi connectivity index (χ0v) is 17.4. The number of rotatable bonds is 9. The van der Waals surface area contributed by atoms with Crippen molar-refractivity contribution in [2.45, 2.75) is 26.5 Å². The summed E-state index contributed by atoms with van der Waals surface area (Å²) in [6.07, 6.45) is 2.70. The van der Waals surface area contributed by atoms with Crippen molar-refractivity contribution in [3.05, 3.63) is 64.3 Å². The molecule has 3 rings (SSSR count). The number of nitrogens with zero attached hydrogens (tertiary/aromatic N) is 2. The molecular weight excluding hydrogens is 426 g/mol. The predicted octanol–water partition coefficient (Wildman–Crippen LogP) is 3.95. The third kappa shape index (κ3) is 5.16. The zero-order chi connectivity index (χ0) is 19.9. The van der Waals surface area contributed by atoms with Crippen LogP contribution in [0.1, 0.15) is 28.4 Å². The number of hydrogen-bond acceptors (Lipinski definition) is 5. The summed E-state index contributed by atoms with van der Waals surface area (Å²) >= 11 is 3.43.